The van der Waals surface area contributed by atoms with E-state index in [1.54, 1.807) is 12.1 Å². The van der Waals surface area contributed by atoms with Crippen LogP contribution in [-0.2, 0) is 0 Å². The summed E-state index contributed by atoms with van der Waals surface area (Å²) in [5, 5.41) is 2.85. The van der Waals surface area contributed by atoms with Crippen LogP contribution >= 0.6 is 23.2 Å². The summed E-state index contributed by atoms with van der Waals surface area (Å²) in [4.78, 5) is 15.7. The number of hydrogen-bond donors (Lipinski definition) is 1. The van der Waals surface area contributed by atoms with Crippen LogP contribution in [0.25, 0.3) is 0 Å². The maximum atomic E-state index is 12.8. The van der Waals surface area contributed by atoms with E-state index in [1.165, 1.54) is 18.2 Å². The van der Waals surface area contributed by atoms with E-state index in [-0.39, 0.29) is 15.9 Å². The van der Waals surface area contributed by atoms with Gasteiger partial charge in [0.2, 0.25) is 0 Å². The minimum Gasteiger partial charge on any atom is -0.319 e. The van der Waals surface area contributed by atoms with Gasteiger partial charge in [-0.15, -0.1) is 0 Å². The molecule has 0 bridgehead atoms. The summed E-state index contributed by atoms with van der Waals surface area (Å²) in [6, 6.07) is 8.37. The van der Waals surface area contributed by atoms with Gasteiger partial charge in [-0.3, -0.25) is 4.79 Å². The van der Waals surface area contributed by atoms with Crippen molar-refractivity contribution >= 4 is 34.8 Å². The first-order valence-electron chi connectivity index (χ1n) is 4.95. The Balaban J connectivity index is 2.21. The first-order chi connectivity index (χ1) is 8.56. The molecule has 1 aromatic heterocycles. The highest BCUT2D eigenvalue weighted by molar-refractivity contribution is 6.34. The standard InChI is InChI=1S/C12H7Cl2FN2O/c13-8-6-7(15)4-5-9(8)17-12(18)10-2-1-3-11(14)16-10/h1-6H,(H,17,18). The lowest BCUT2D eigenvalue weighted by Crippen LogP contribution is -2.13. The predicted molar refractivity (Wildman–Crippen MR) is 68.6 cm³/mol. The smallest absolute Gasteiger partial charge is 0.274 e. The molecule has 18 heavy (non-hydrogen) atoms. The lowest BCUT2D eigenvalue weighted by Gasteiger charge is -2.06. The summed E-state index contributed by atoms with van der Waals surface area (Å²) < 4.78 is 12.8. The zero-order valence-electron chi connectivity index (χ0n) is 8.95. The number of amides is 1. The van der Waals surface area contributed by atoms with Gasteiger partial charge in [-0.1, -0.05) is 29.3 Å². The molecule has 1 aromatic carbocycles. The number of nitrogens with zero attached hydrogens (tertiary/aromatic N) is 1. The molecule has 0 unspecified atom stereocenters. The lowest BCUT2D eigenvalue weighted by molar-refractivity contribution is 0.102. The van der Waals surface area contributed by atoms with Gasteiger partial charge in [-0.25, -0.2) is 9.37 Å². The molecule has 2 rings (SSSR count). The molecule has 1 amide bonds. The Morgan fingerprint density at radius 3 is 2.67 bits per heavy atom. The minimum atomic E-state index is -0.473. The second-order valence-electron chi connectivity index (χ2n) is 3.42. The summed E-state index contributed by atoms with van der Waals surface area (Å²) in [5.41, 5.74) is 0.465. The largest absolute Gasteiger partial charge is 0.319 e. The van der Waals surface area contributed by atoms with E-state index in [0.29, 0.717) is 5.69 Å². The monoisotopic (exact) mass is 284 g/mol. The molecule has 0 saturated carbocycles. The third-order valence-corrected chi connectivity index (χ3v) is 2.65. The van der Waals surface area contributed by atoms with Crippen LogP contribution in [0.4, 0.5) is 10.1 Å². The number of aromatic nitrogens is 1. The number of benzene rings is 1. The van der Waals surface area contributed by atoms with Gasteiger partial charge in [0.25, 0.3) is 5.91 Å². The quantitative estimate of drug-likeness (QED) is 0.853. The Hall–Kier alpha value is -1.65. The van der Waals surface area contributed by atoms with E-state index in [4.69, 9.17) is 23.2 Å². The van der Waals surface area contributed by atoms with Crippen molar-refractivity contribution in [3.05, 3.63) is 58.1 Å². The molecule has 0 aliphatic heterocycles. The number of nitrogens with one attached hydrogen (secondary N) is 1. The van der Waals surface area contributed by atoms with Crippen molar-refractivity contribution in [1.29, 1.82) is 0 Å². The van der Waals surface area contributed by atoms with E-state index in [0.717, 1.165) is 6.07 Å². The van der Waals surface area contributed by atoms with Gasteiger partial charge in [0.05, 0.1) is 10.7 Å². The molecule has 1 heterocycles. The van der Waals surface area contributed by atoms with E-state index in [9.17, 15) is 9.18 Å². The summed E-state index contributed by atoms with van der Waals surface area (Å²) in [6.45, 7) is 0. The molecular weight excluding hydrogens is 278 g/mol. The van der Waals surface area contributed by atoms with Crippen LogP contribution in [0.2, 0.25) is 10.2 Å². The molecule has 0 saturated heterocycles. The number of anilines is 1. The summed E-state index contributed by atoms with van der Waals surface area (Å²) in [7, 11) is 0. The SMILES string of the molecule is O=C(Nc1ccc(F)cc1Cl)c1cccc(Cl)n1. The molecule has 0 fully saturated rings. The Kier molecular flexibility index (Phi) is 3.79. The van der Waals surface area contributed by atoms with Crippen LogP contribution in [0.1, 0.15) is 10.5 Å². The fourth-order valence-corrected chi connectivity index (χ4v) is 1.69. The van der Waals surface area contributed by atoms with E-state index in [2.05, 4.69) is 10.3 Å². The first kappa shape index (κ1) is 12.8. The fourth-order valence-electron chi connectivity index (χ4n) is 1.31. The van der Waals surface area contributed by atoms with Crippen LogP contribution in [0.5, 0.6) is 0 Å². The lowest BCUT2D eigenvalue weighted by atomic mass is 10.3. The molecule has 3 nitrogen and oxygen atoms in total. The van der Waals surface area contributed by atoms with Gasteiger partial charge in [-0.05, 0) is 30.3 Å². The Labute approximate surface area is 113 Å². The number of carbonyl (C=O) groups excluding carboxylic acids is 1. The van der Waals surface area contributed by atoms with Crippen molar-refractivity contribution in [2.45, 2.75) is 0 Å². The predicted octanol–water partition coefficient (Wildman–Crippen LogP) is 3.78. The van der Waals surface area contributed by atoms with Crippen LogP contribution < -0.4 is 5.32 Å². The number of rotatable bonds is 2. The van der Waals surface area contributed by atoms with E-state index >= 15 is 0 Å². The van der Waals surface area contributed by atoms with Crippen molar-refractivity contribution in [2.75, 3.05) is 5.32 Å². The number of pyridine rings is 1. The van der Waals surface area contributed by atoms with Crippen LogP contribution in [0.3, 0.4) is 0 Å². The van der Waals surface area contributed by atoms with Crippen molar-refractivity contribution in [3.8, 4) is 0 Å². The highest BCUT2D eigenvalue weighted by atomic mass is 35.5. The van der Waals surface area contributed by atoms with Gasteiger partial charge in [0.1, 0.15) is 16.7 Å². The van der Waals surface area contributed by atoms with Crippen LogP contribution in [0, 0.1) is 5.82 Å². The van der Waals surface area contributed by atoms with Gasteiger partial charge in [0, 0.05) is 0 Å². The highest BCUT2D eigenvalue weighted by Gasteiger charge is 2.10. The third-order valence-electron chi connectivity index (χ3n) is 2.13. The fraction of sp³-hybridized carbons (Fsp3) is 0. The van der Waals surface area contributed by atoms with E-state index in [1.807, 2.05) is 0 Å². The summed E-state index contributed by atoms with van der Waals surface area (Å²) >= 11 is 11.5. The normalized spacial score (nSPS) is 10.2. The van der Waals surface area contributed by atoms with Gasteiger partial charge >= 0.3 is 0 Å². The molecule has 92 valence electrons. The van der Waals surface area contributed by atoms with Gasteiger partial charge in [0.15, 0.2) is 0 Å². The Bertz CT molecular complexity index is 604. The maximum Gasteiger partial charge on any atom is 0.274 e. The average Bonchev–Trinajstić information content (AvgIpc) is 2.32. The summed E-state index contributed by atoms with van der Waals surface area (Å²) in [6.07, 6.45) is 0. The van der Waals surface area contributed by atoms with Crippen LogP contribution in [0.15, 0.2) is 36.4 Å². The molecule has 0 spiro atoms. The minimum absolute atomic E-state index is 0.116. The molecule has 6 heteroatoms. The number of hydrogen-bond acceptors (Lipinski definition) is 2. The molecule has 2 aromatic rings. The zero-order valence-corrected chi connectivity index (χ0v) is 10.5. The Morgan fingerprint density at radius 2 is 2.00 bits per heavy atom. The van der Waals surface area contributed by atoms with Gasteiger partial charge in [-0.2, -0.15) is 0 Å². The van der Waals surface area contributed by atoms with Crippen molar-refractivity contribution < 1.29 is 9.18 Å². The average molecular weight is 285 g/mol. The molecule has 0 aliphatic carbocycles. The highest BCUT2D eigenvalue weighted by Crippen LogP contribution is 2.22. The first-order valence-corrected chi connectivity index (χ1v) is 5.71. The van der Waals surface area contributed by atoms with Crippen molar-refractivity contribution in [3.63, 3.8) is 0 Å². The molecule has 0 atom stereocenters. The number of halogens is 3. The maximum absolute atomic E-state index is 12.8. The summed E-state index contributed by atoms with van der Waals surface area (Å²) in [5.74, 6) is -0.940. The van der Waals surface area contributed by atoms with Gasteiger partial charge < -0.3 is 5.32 Å². The van der Waals surface area contributed by atoms with Crippen LogP contribution in [-0.4, -0.2) is 10.9 Å². The second kappa shape index (κ2) is 5.33. The topological polar surface area (TPSA) is 42.0 Å². The zero-order chi connectivity index (χ0) is 13.1. The van der Waals surface area contributed by atoms with Crippen molar-refractivity contribution in [2.24, 2.45) is 0 Å². The number of carbonyl (C=O) groups is 1. The molecular formula is C12H7Cl2FN2O. The van der Waals surface area contributed by atoms with E-state index < -0.39 is 11.7 Å². The molecule has 0 aliphatic rings. The second-order valence-corrected chi connectivity index (χ2v) is 4.22. The molecule has 0 radical (unpaired) electrons. The molecule has 1 N–H and O–H groups in total. The third kappa shape index (κ3) is 2.97. The van der Waals surface area contributed by atoms with Crippen molar-refractivity contribution in [1.82, 2.24) is 4.98 Å². The Morgan fingerprint density at radius 1 is 1.22 bits per heavy atom.